The van der Waals surface area contributed by atoms with Gasteiger partial charge in [0.2, 0.25) is 0 Å². The van der Waals surface area contributed by atoms with E-state index in [9.17, 15) is 0 Å². The van der Waals surface area contributed by atoms with Gasteiger partial charge < -0.3 is 10.2 Å². The Kier molecular flexibility index (Phi) is 3.68. The highest BCUT2D eigenvalue weighted by Crippen LogP contribution is 2.34. The summed E-state index contributed by atoms with van der Waals surface area (Å²) >= 11 is 0. The van der Waals surface area contributed by atoms with Gasteiger partial charge in [-0.3, -0.25) is 0 Å². The zero-order chi connectivity index (χ0) is 10.7. The van der Waals surface area contributed by atoms with Crippen molar-refractivity contribution in [3.63, 3.8) is 0 Å². The first kappa shape index (κ1) is 11.4. The summed E-state index contributed by atoms with van der Waals surface area (Å²) in [7, 11) is 0. The number of hydrogen-bond acceptors (Lipinski definition) is 2. The summed E-state index contributed by atoms with van der Waals surface area (Å²) in [6, 6.07) is 0. The molecule has 0 aromatic rings. The second kappa shape index (κ2) is 4.84. The third-order valence-corrected chi connectivity index (χ3v) is 4.30. The topological polar surface area (TPSA) is 15.3 Å². The molecule has 1 atom stereocenters. The van der Waals surface area contributed by atoms with E-state index >= 15 is 0 Å². The summed E-state index contributed by atoms with van der Waals surface area (Å²) in [5, 5.41) is 3.54. The van der Waals surface area contributed by atoms with Gasteiger partial charge >= 0.3 is 0 Å². The molecule has 0 aromatic heterocycles. The predicted octanol–water partition coefficient (Wildman–Crippen LogP) is 2.11. The summed E-state index contributed by atoms with van der Waals surface area (Å²) < 4.78 is 0. The van der Waals surface area contributed by atoms with Gasteiger partial charge in [0.05, 0.1) is 0 Å². The summed E-state index contributed by atoms with van der Waals surface area (Å²) in [4.78, 5) is 2.69. The Morgan fingerprint density at radius 1 is 1.33 bits per heavy atom. The molecule has 1 heterocycles. The van der Waals surface area contributed by atoms with E-state index in [0.29, 0.717) is 5.41 Å². The van der Waals surface area contributed by atoms with Gasteiger partial charge in [0.15, 0.2) is 0 Å². The van der Waals surface area contributed by atoms with Crippen molar-refractivity contribution in [1.82, 2.24) is 10.2 Å². The molecule has 2 heteroatoms. The Morgan fingerprint density at radius 3 is 2.60 bits per heavy atom. The minimum absolute atomic E-state index is 0.588. The average Bonchev–Trinajstić information content (AvgIpc) is 2.95. The average molecular weight is 210 g/mol. The molecule has 1 aliphatic heterocycles. The largest absolute Gasteiger partial charge is 0.316 e. The fraction of sp³-hybridized carbons (Fsp3) is 1.00. The molecule has 2 nitrogen and oxygen atoms in total. The van der Waals surface area contributed by atoms with E-state index < -0.39 is 0 Å². The highest BCUT2D eigenvalue weighted by Gasteiger charge is 2.34. The lowest BCUT2D eigenvalue weighted by molar-refractivity contribution is 0.159. The van der Waals surface area contributed by atoms with E-state index in [1.54, 1.807) is 0 Å². The van der Waals surface area contributed by atoms with Gasteiger partial charge in [-0.2, -0.15) is 0 Å². The first-order valence-electron chi connectivity index (χ1n) is 6.71. The molecule has 1 saturated heterocycles. The van der Waals surface area contributed by atoms with Crippen molar-refractivity contribution in [2.24, 2.45) is 11.3 Å². The van der Waals surface area contributed by atoms with Crippen LogP contribution >= 0.6 is 0 Å². The lowest BCUT2D eigenvalue weighted by Gasteiger charge is -2.33. The van der Waals surface area contributed by atoms with Crippen LogP contribution in [0.15, 0.2) is 0 Å². The predicted molar refractivity (Wildman–Crippen MR) is 65.0 cm³/mol. The molecule has 88 valence electrons. The van der Waals surface area contributed by atoms with Gasteiger partial charge in [-0.1, -0.05) is 13.8 Å². The maximum atomic E-state index is 3.54. The molecule has 1 N–H and O–H groups in total. The molecule has 1 aliphatic carbocycles. The van der Waals surface area contributed by atoms with Crippen molar-refractivity contribution in [2.75, 3.05) is 32.7 Å². The maximum Gasteiger partial charge on any atom is 0.00505 e. The molecule has 0 radical (unpaired) electrons. The van der Waals surface area contributed by atoms with E-state index in [1.807, 2.05) is 0 Å². The second-order valence-corrected chi connectivity index (χ2v) is 5.55. The van der Waals surface area contributed by atoms with Gasteiger partial charge in [0, 0.05) is 19.6 Å². The molecule has 1 saturated carbocycles. The minimum Gasteiger partial charge on any atom is -0.316 e. The van der Waals surface area contributed by atoms with Crippen molar-refractivity contribution in [3.8, 4) is 0 Å². The first-order chi connectivity index (χ1) is 7.28. The van der Waals surface area contributed by atoms with Gasteiger partial charge in [-0.15, -0.1) is 0 Å². The quantitative estimate of drug-likeness (QED) is 0.722. The molecular formula is C13H26N2. The summed E-state index contributed by atoms with van der Waals surface area (Å²) in [6.45, 7) is 11.1. The third kappa shape index (κ3) is 2.94. The number of rotatable bonds is 6. The van der Waals surface area contributed by atoms with Gasteiger partial charge in [-0.25, -0.2) is 0 Å². The first-order valence-corrected chi connectivity index (χ1v) is 6.71. The lowest BCUT2D eigenvalue weighted by Crippen LogP contribution is -2.39. The van der Waals surface area contributed by atoms with Gasteiger partial charge in [0.1, 0.15) is 0 Å². The molecule has 2 aliphatic rings. The van der Waals surface area contributed by atoms with E-state index in [-0.39, 0.29) is 0 Å². The van der Waals surface area contributed by atoms with Crippen LogP contribution in [0.4, 0.5) is 0 Å². The van der Waals surface area contributed by atoms with Crippen molar-refractivity contribution in [3.05, 3.63) is 0 Å². The molecule has 0 amide bonds. The van der Waals surface area contributed by atoms with E-state index in [2.05, 4.69) is 24.1 Å². The summed E-state index contributed by atoms with van der Waals surface area (Å²) in [5.41, 5.74) is 0.588. The van der Waals surface area contributed by atoms with Crippen LogP contribution in [-0.4, -0.2) is 37.6 Å². The smallest absolute Gasteiger partial charge is 0.00505 e. The van der Waals surface area contributed by atoms with Crippen LogP contribution in [0.25, 0.3) is 0 Å². The van der Waals surface area contributed by atoms with Crippen molar-refractivity contribution in [1.29, 1.82) is 0 Å². The van der Waals surface area contributed by atoms with Crippen LogP contribution in [0.1, 0.15) is 39.5 Å². The molecule has 0 aromatic carbocycles. The van der Waals surface area contributed by atoms with Crippen LogP contribution in [0, 0.1) is 11.3 Å². The number of nitrogens with one attached hydrogen (secondary N) is 1. The van der Waals surface area contributed by atoms with Crippen molar-refractivity contribution < 1.29 is 0 Å². The number of nitrogens with zero attached hydrogens (tertiary/aromatic N) is 1. The van der Waals surface area contributed by atoms with Crippen molar-refractivity contribution in [2.45, 2.75) is 39.5 Å². The SMILES string of the molecule is CCN(CC1CC1)CC1(CC)CCNC1. The van der Waals surface area contributed by atoms with Crippen LogP contribution in [0.2, 0.25) is 0 Å². The van der Waals surface area contributed by atoms with Gasteiger partial charge in [-0.05, 0) is 50.1 Å². The van der Waals surface area contributed by atoms with E-state index in [1.165, 1.54) is 58.4 Å². The molecule has 2 fully saturated rings. The highest BCUT2D eigenvalue weighted by atomic mass is 15.1. The van der Waals surface area contributed by atoms with Crippen LogP contribution in [-0.2, 0) is 0 Å². The van der Waals surface area contributed by atoms with Gasteiger partial charge in [0.25, 0.3) is 0 Å². The zero-order valence-corrected chi connectivity index (χ0v) is 10.4. The Labute approximate surface area is 94.4 Å². The Morgan fingerprint density at radius 2 is 2.13 bits per heavy atom. The fourth-order valence-corrected chi connectivity index (χ4v) is 2.79. The normalized spacial score (nSPS) is 31.4. The Hall–Kier alpha value is -0.0800. The molecule has 0 bridgehead atoms. The van der Waals surface area contributed by atoms with Crippen LogP contribution in [0.3, 0.4) is 0 Å². The Balaban J connectivity index is 1.84. The molecule has 15 heavy (non-hydrogen) atoms. The van der Waals surface area contributed by atoms with E-state index in [0.717, 1.165) is 5.92 Å². The molecule has 2 rings (SSSR count). The van der Waals surface area contributed by atoms with E-state index in [4.69, 9.17) is 0 Å². The molecule has 1 unspecified atom stereocenters. The summed E-state index contributed by atoms with van der Waals surface area (Å²) in [5.74, 6) is 1.04. The van der Waals surface area contributed by atoms with Crippen LogP contribution in [0.5, 0.6) is 0 Å². The van der Waals surface area contributed by atoms with Crippen molar-refractivity contribution >= 4 is 0 Å². The minimum atomic E-state index is 0.588. The number of hydrogen-bond donors (Lipinski definition) is 1. The monoisotopic (exact) mass is 210 g/mol. The summed E-state index contributed by atoms with van der Waals surface area (Å²) in [6.07, 6.45) is 5.67. The molecular weight excluding hydrogens is 184 g/mol. The standard InChI is InChI=1S/C13H26N2/c1-3-13(7-8-14-10-13)11-15(4-2)9-12-5-6-12/h12,14H,3-11H2,1-2H3. The maximum absolute atomic E-state index is 3.54. The fourth-order valence-electron chi connectivity index (χ4n) is 2.79. The molecule has 0 spiro atoms. The highest BCUT2D eigenvalue weighted by molar-refractivity contribution is 4.90. The zero-order valence-electron chi connectivity index (χ0n) is 10.4. The second-order valence-electron chi connectivity index (χ2n) is 5.55. The third-order valence-electron chi connectivity index (χ3n) is 4.30. The Bertz CT molecular complexity index is 193. The van der Waals surface area contributed by atoms with Crippen LogP contribution < -0.4 is 5.32 Å². The lowest BCUT2D eigenvalue weighted by atomic mass is 9.83.